The zero-order valence-electron chi connectivity index (χ0n) is 17.5. The summed E-state index contributed by atoms with van der Waals surface area (Å²) in [5, 5.41) is 13.4. The molecule has 0 amide bonds. The van der Waals surface area contributed by atoms with E-state index in [9.17, 15) is 0 Å². The molecule has 1 aliphatic rings. The van der Waals surface area contributed by atoms with E-state index < -0.39 is 0 Å². The molecule has 1 aromatic carbocycles. The van der Waals surface area contributed by atoms with Crippen molar-refractivity contribution >= 4 is 41.0 Å². The van der Waals surface area contributed by atoms with Crippen molar-refractivity contribution in [2.75, 3.05) is 25.0 Å². The first-order chi connectivity index (χ1) is 15.3. The molecule has 0 aliphatic carbocycles. The standard InChI is InChI=1S/C22H25BN6OS/c23-7-10-30-18-3-1-15(2-4-18)19-14-31-20-12-25-22(28-21(19)20)27-16-11-26-29(13-16)17-5-8-24-9-6-17/h1-4,11-14,17,24H,5-10,23H2,(H,25,27,28). The Morgan fingerprint density at radius 3 is 2.84 bits per heavy atom. The van der Waals surface area contributed by atoms with Crippen molar-refractivity contribution in [3.63, 3.8) is 0 Å². The molecule has 0 spiro atoms. The fraction of sp³-hybridized carbons (Fsp3) is 0.318. The van der Waals surface area contributed by atoms with Gasteiger partial charge in [-0.15, -0.1) is 11.3 Å². The predicted molar refractivity (Wildman–Crippen MR) is 128 cm³/mol. The van der Waals surface area contributed by atoms with Crippen molar-refractivity contribution in [1.82, 2.24) is 25.1 Å². The number of hydrogen-bond donors (Lipinski definition) is 2. The Labute approximate surface area is 186 Å². The van der Waals surface area contributed by atoms with Crippen LogP contribution in [0.4, 0.5) is 11.6 Å². The van der Waals surface area contributed by atoms with Gasteiger partial charge in [0.05, 0.1) is 40.9 Å². The molecule has 0 saturated carbocycles. The molecule has 9 heteroatoms. The van der Waals surface area contributed by atoms with Gasteiger partial charge < -0.3 is 15.4 Å². The van der Waals surface area contributed by atoms with Gasteiger partial charge in [0, 0.05) is 17.1 Å². The number of rotatable bonds is 7. The van der Waals surface area contributed by atoms with Crippen molar-refractivity contribution in [1.29, 1.82) is 0 Å². The molecule has 0 atom stereocenters. The van der Waals surface area contributed by atoms with Gasteiger partial charge in [0.1, 0.15) is 13.6 Å². The Kier molecular flexibility index (Phi) is 5.86. The molecule has 0 unspecified atom stereocenters. The number of aromatic nitrogens is 4. The summed E-state index contributed by atoms with van der Waals surface area (Å²) in [7, 11) is 2.11. The first kappa shape index (κ1) is 20.0. The number of piperidine rings is 1. The first-order valence-electron chi connectivity index (χ1n) is 10.8. The highest BCUT2D eigenvalue weighted by molar-refractivity contribution is 7.17. The lowest BCUT2D eigenvalue weighted by Gasteiger charge is -2.22. The van der Waals surface area contributed by atoms with Crippen LogP contribution >= 0.6 is 11.3 Å². The molecule has 158 valence electrons. The minimum Gasteiger partial charge on any atom is -0.494 e. The summed E-state index contributed by atoms with van der Waals surface area (Å²) < 4.78 is 8.82. The van der Waals surface area contributed by atoms with E-state index in [1.165, 1.54) is 0 Å². The summed E-state index contributed by atoms with van der Waals surface area (Å²) in [6, 6.07) is 8.66. The number of thiophene rings is 1. The number of benzene rings is 1. The summed E-state index contributed by atoms with van der Waals surface area (Å²) in [6.07, 6.45) is 8.98. The highest BCUT2D eigenvalue weighted by Gasteiger charge is 2.16. The van der Waals surface area contributed by atoms with Crippen LogP contribution in [0.3, 0.4) is 0 Å². The van der Waals surface area contributed by atoms with Crippen LogP contribution in [0.15, 0.2) is 48.2 Å². The van der Waals surface area contributed by atoms with Crippen LogP contribution in [0.5, 0.6) is 5.75 Å². The largest absolute Gasteiger partial charge is 0.494 e. The van der Waals surface area contributed by atoms with Gasteiger partial charge in [-0.05, 0) is 49.9 Å². The van der Waals surface area contributed by atoms with Gasteiger partial charge in [0.25, 0.3) is 0 Å². The quantitative estimate of drug-likeness (QED) is 0.434. The molecule has 7 nitrogen and oxygen atoms in total. The van der Waals surface area contributed by atoms with Gasteiger partial charge in [0.2, 0.25) is 5.95 Å². The van der Waals surface area contributed by atoms with E-state index in [2.05, 4.69) is 50.8 Å². The number of nitrogens with zero attached hydrogens (tertiary/aromatic N) is 4. The molecule has 0 bridgehead atoms. The third-order valence-electron chi connectivity index (χ3n) is 5.49. The summed E-state index contributed by atoms with van der Waals surface area (Å²) in [4.78, 5) is 9.31. The van der Waals surface area contributed by atoms with E-state index in [1.807, 2.05) is 30.7 Å². The minimum absolute atomic E-state index is 0.452. The van der Waals surface area contributed by atoms with Gasteiger partial charge in [0.15, 0.2) is 0 Å². The predicted octanol–water partition coefficient (Wildman–Crippen LogP) is 3.65. The van der Waals surface area contributed by atoms with Gasteiger partial charge in [-0.25, -0.2) is 9.97 Å². The number of ether oxygens (including phenoxy) is 1. The molecule has 0 radical (unpaired) electrons. The summed E-state index contributed by atoms with van der Waals surface area (Å²) >= 11 is 1.66. The molecule has 3 aromatic heterocycles. The van der Waals surface area contributed by atoms with Crippen molar-refractivity contribution in [2.24, 2.45) is 0 Å². The van der Waals surface area contributed by atoms with Crippen LogP contribution in [-0.2, 0) is 0 Å². The van der Waals surface area contributed by atoms with Crippen LogP contribution in [0, 0.1) is 0 Å². The normalized spacial score (nSPS) is 14.7. The second kappa shape index (κ2) is 9.07. The maximum Gasteiger partial charge on any atom is 0.227 e. The zero-order chi connectivity index (χ0) is 21.0. The number of hydrogen-bond acceptors (Lipinski definition) is 7. The van der Waals surface area contributed by atoms with Crippen LogP contribution in [0.2, 0.25) is 6.32 Å². The van der Waals surface area contributed by atoms with Crippen molar-refractivity contribution in [3.8, 4) is 16.9 Å². The van der Waals surface area contributed by atoms with Crippen LogP contribution in [0.1, 0.15) is 18.9 Å². The van der Waals surface area contributed by atoms with E-state index in [0.29, 0.717) is 12.0 Å². The highest BCUT2D eigenvalue weighted by Crippen LogP contribution is 2.34. The van der Waals surface area contributed by atoms with Crippen molar-refractivity contribution < 1.29 is 4.74 Å². The Morgan fingerprint density at radius 1 is 1.19 bits per heavy atom. The molecule has 4 aromatic rings. The monoisotopic (exact) mass is 432 g/mol. The molecule has 5 rings (SSSR count). The minimum atomic E-state index is 0.452. The third kappa shape index (κ3) is 4.43. The Hall–Kier alpha value is -2.91. The Morgan fingerprint density at radius 2 is 2.03 bits per heavy atom. The van der Waals surface area contributed by atoms with Gasteiger partial charge >= 0.3 is 0 Å². The van der Waals surface area contributed by atoms with E-state index >= 15 is 0 Å². The SMILES string of the molecule is BCCOc1ccc(-c2csc3cnc(Nc4cnn(C5CCNCC5)c4)nc23)cc1. The fourth-order valence-electron chi connectivity index (χ4n) is 3.85. The van der Waals surface area contributed by atoms with Gasteiger partial charge in [-0.2, -0.15) is 5.10 Å². The molecule has 1 aliphatic heterocycles. The maximum absolute atomic E-state index is 5.70. The van der Waals surface area contributed by atoms with E-state index in [4.69, 9.17) is 9.72 Å². The van der Waals surface area contributed by atoms with Crippen LogP contribution in [0.25, 0.3) is 21.3 Å². The lowest BCUT2D eigenvalue weighted by Crippen LogP contribution is -2.29. The Bertz CT molecular complexity index is 1150. The number of fused-ring (bicyclic) bond motifs is 1. The summed E-state index contributed by atoms with van der Waals surface area (Å²) in [5.74, 6) is 1.48. The molecule has 1 fully saturated rings. The van der Waals surface area contributed by atoms with E-state index in [0.717, 1.165) is 71.6 Å². The zero-order valence-corrected chi connectivity index (χ0v) is 18.4. The summed E-state index contributed by atoms with van der Waals surface area (Å²) in [5.41, 5.74) is 4.10. The summed E-state index contributed by atoms with van der Waals surface area (Å²) in [6.45, 7) is 2.82. The Balaban J connectivity index is 1.36. The van der Waals surface area contributed by atoms with Gasteiger partial charge in [-0.3, -0.25) is 4.68 Å². The van der Waals surface area contributed by atoms with E-state index in [-0.39, 0.29) is 0 Å². The topological polar surface area (TPSA) is 76.9 Å². The highest BCUT2D eigenvalue weighted by atomic mass is 32.1. The molecular formula is C22H25BN6OS. The lowest BCUT2D eigenvalue weighted by atomic mass is 10.1. The van der Waals surface area contributed by atoms with Crippen molar-refractivity contribution in [2.45, 2.75) is 25.2 Å². The number of nitrogens with one attached hydrogen (secondary N) is 2. The lowest BCUT2D eigenvalue weighted by molar-refractivity contribution is 0.340. The molecular weight excluding hydrogens is 407 g/mol. The third-order valence-corrected chi connectivity index (χ3v) is 6.40. The fourth-order valence-corrected chi connectivity index (χ4v) is 4.72. The molecule has 31 heavy (non-hydrogen) atoms. The second-order valence-electron chi connectivity index (χ2n) is 7.74. The molecule has 2 N–H and O–H groups in total. The number of anilines is 2. The molecule has 4 heterocycles. The smallest absolute Gasteiger partial charge is 0.227 e. The first-order valence-corrected chi connectivity index (χ1v) is 11.7. The maximum atomic E-state index is 5.70. The van der Waals surface area contributed by atoms with Crippen LogP contribution < -0.4 is 15.4 Å². The average molecular weight is 432 g/mol. The second-order valence-corrected chi connectivity index (χ2v) is 8.66. The van der Waals surface area contributed by atoms with Crippen LogP contribution in [-0.4, -0.2) is 47.3 Å². The molecule has 1 saturated heterocycles. The van der Waals surface area contributed by atoms with E-state index in [1.54, 1.807) is 11.3 Å². The van der Waals surface area contributed by atoms with Gasteiger partial charge in [-0.1, -0.05) is 12.1 Å². The average Bonchev–Trinajstić information content (AvgIpc) is 3.46. The van der Waals surface area contributed by atoms with Crippen molar-refractivity contribution in [3.05, 3.63) is 48.2 Å².